The van der Waals surface area contributed by atoms with Crippen LogP contribution in [0.4, 0.5) is 0 Å². The standard InChI is InChI=1S/C17H32N8O2/c1-5-18-17(20-12-15-22-21-14(2)23(15)3)25-9-7-24(8-10-25)13-16(26)19-6-11-27-4/h5-13H2,1-4H3,(H,18,20)(H,19,26). The largest absolute Gasteiger partial charge is 0.383 e. The van der Waals surface area contributed by atoms with E-state index in [0.717, 1.165) is 50.3 Å². The molecule has 0 aromatic carbocycles. The van der Waals surface area contributed by atoms with Crippen LogP contribution in [0.2, 0.25) is 0 Å². The number of hydrogen-bond donors (Lipinski definition) is 2. The first-order valence-electron chi connectivity index (χ1n) is 9.41. The summed E-state index contributed by atoms with van der Waals surface area (Å²) in [5.41, 5.74) is 0. The molecule has 2 N–H and O–H groups in total. The molecule has 1 amide bonds. The van der Waals surface area contributed by atoms with E-state index in [2.05, 4.69) is 37.6 Å². The lowest BCUT2D eigenvalue weighted by Gasteiger charge is -2.36. The van der Waals surface area contributed by atoms with E-state index in [1.165, 1.54) is 0 Å². The summed E-state index contributed by atoms with van der Waals surface area (Å²) >= 11 is 0. The molecular formula is C17H32N8O2. The molecule has 1 aliphatic rings. The molecule has 0 unspecified atom stereocenters. The lowest BCUT2D eigenvalue weighted by Crippen LogP contribution is -2.54. The van der Waals surface area contributed by atoms with Gasteiger partial charge in [-0.25, -0.2) is 4.99 Å². The van der Waals surface area contributed by atoms with E-state index >= 15 is 0 Å². The zero-order chi connectivity index (χ0) is 19.6. The summed E-state index contributed by atoms with van der Waals surface area (Å²) in [5, 5.41) is 14.4. The number of carbonyl (C=O) groups excluding carboxylic acids is 1. The van der Waals surface area contributed by atoms with E-state index in [4.69, 9.17) is 9.73 Å². The van der Waals surface area contributed by atoms with Crippen molar-refractivity contribution in [2.24, 2.45) is 12.0 Å². The second kappa shape index (κ2) is 10.8. The number of aromatic nitrogens is 3. The fraction of sp³-hybridized carbons (Fsp3) is 0.765. The molecule has 1 fully saturated rings. The van der Waals surface area contributed by atoms with Crippen LogP contribution in [0.1, 0.15) is 18.6 Å². The highest BCUT2D eigenvalue weighted by Gasteiger charge is 2.21. The zero-order valence-electron chi connectivity index (χ0n) is 16.9. The molecule has 10 heteroatoms. The van der Waals surface area contributed by atoms with Gasteiger partial charge in [0.1, 0.15) is 12.4 Å². The van der Waals surface area contributed by atoms with Crippen molar-refractivity contribution >= 4 is 11.9 Å². The van der Waals surface area contributed by atoms with Crippen LogP contribution in [-0.2, 0) is 23.1 Å². The van der Waals surface area contributed by atoms with Crippen LogP contribution in [0.3, 0.4) is 0 Å². The number of hydrogen-bond acceptors (Lipinski definition) is 6. The van der Waals surface area contributed by atoms with E-state index in [0.29, 0.717) is 26.2 Å². The Hall–Kier alpha value is -2.20. The second-order valence-corrected chi connectivity index (χ2v) is 6.50. The summed E-state index contributed by atoms with van der Waals surface area (Å²) in [7, 11) is 3.57. The van der Waals surface area contributed by atoms with Crippen molar-refractivity contribution < 1.29 is 9.53 Å². The van der Waals surface area contributed by atoms with Crippen molar-refractivity contribution in [3.8, 4) is 0 Å². The van der Waals surface area contributed by atoms with Crippen molar-refractivity contribution in [1.82, 2.24) is 35.2 Å². The number of guanidine groups is 1. The summed E-state index contributed by atoms with van der Waals surface area (Å²) in [5.74, 6) is 2.64. The number of carbonyl (C=O) groups is 1. The van der Waals surface area contributed by atoms with Crippen LogP contribution in [0.25, 0.3) is 0 Å². The van der Waals surface area contributed by atoms with Crippen LogP contribution in [0.5, 0.6) is 0 Å². The molecule has 0 radical (unpaired) electrons. The third kappa shape index (κ3) is 6.47. The molecule has 0 atom stereocenters. The van der Waals surface area contributed by atoms with Gasteiger partial charge in [-0.1, -0.05) is 0 Å². The van der Waals surface area contributed by atoms with Gasteiger partial charge in [-0.3, -0.25) is 9.69 Å². The first-order valence-corrected chi connectivity index (χ1v) is 9.41. The first-order chi connectivity index (χ1) is 13.0. The average molecular weight is 380 g/mol. The molecule has 10 nitrogen and oxygen atoms in total. The van der Waals surface area contributed by atoms with E-state index in [1.807, 2.05) is 18.5 Å². The summed E-state index contributed by atoms with van der Waals surface area (Å²) in [6.45, 7) is 10.1. The maximum atomic E-state index is 11.9. The van der Waals surface area contributed by atoms with Crippen LogP contribution in [-0.4, -0.2) is 96.0 Å². The third-order valence-electron chi connectivity index (χ3n) is 4.56. The highest BCUT2D eigenvalue weighted by molar-refractivity contribution is 5.80. The molecule has 1 saturated heterocycles. The molecule has 152 valence electrons. The fourth-order valence-electron chi connectivity index (χ4n) is 2.83. The van der Waals surface area contributed by atoms with Crippen molar-refractivity contribution in [1.29, 1.82) is 0 Å². The molecular weight excluding hydrogens is 348 g/mol. The Morgan fingerprint density at radius 2 is 1.96 bits per heavy atom. The van der Waals surface area contributed by atoms with Crippen molar-refractivity contribution in [2.75, 3.05) is 59.5 Å². The summed E-state index contributed by atoms with van der Waals surface area (Å²) < 4.78 is 6.90. The van der Waals surface area contributed by atoms with Gasteiger partial charge in [0.25, 0.3) is 0 Å². The Labute approximate surface area is 161 Å². The Morgan fingerprint density at radius 3 is 2.56 bits per heavy atom. The summed E-state index contributed by atoms with van der Waals surface area (Å²) in [6, 6.07) is 0. The lowest BCUT2D eigenvalue weighted by atomic mass is 10.3. The minimum atomic E-state index is 0.0405. The molecule has 1 aromatic heterocycles. The van der Waals surface area contributed by atoms with E-state index in [-0.39, 0.29) is 5.91 Å². The van der Waals surface area contributed by atoms with E-state index in [1.54, 1.807) is 7.11 Å². The monoisotopic (exact) mass is 380 g/mol. The predicted molar refractivity (Wildman–Crippen MR) is 103 cm³/mol. The first kappa shape index (κ1) is 21.1. The predicted octanol–water partition coefficient (Wildman–Crippen LogP) is -1.03. The highest BCUT2D eigenvalue weighted by Crippen LogP contribution is 2.04. The topological polar surface area (TPSA) is 99.9 Å². The Balaban J connectivity index is 1.84. The smallest absolute Gasteiger partial charge is 0.234 e. The number of ether oxygens (including phenoxy) is 1. The van der Waals surface area contributed by atoms with Gasteiger partial charge in [0, 0.05) is 53.4 Å². The van der Waals surface area contributed by atoms with Crippen molar-refractivity contribution in [3.05, 3.63) is 11.6 Å². The lowest BCUT2D eigenvalue weighted by molar-refractivity contribution is -0.122. The quantitative estimate of drug-likeness (QED) is 0.338. The van der Waals surface area contributed by atoms with Gasteiger partial charge in [-0.15, -0.1) is 10.2 Å². The number of aryl methyl sites for hydroxylation is 1. The molecule has 1 aliphatic heterocycles. The van der Waals surface area contributed by atoms with Gasteiger partial charge in [0.2, 0.25) is 5.91 Å². The average Bonchev–Trinajstić information content (AvgIpc) is 2.98. The number of piperazine rings is 1. The fourth-order valence-corrected chi connectivity index (χ4v) is 2.83. The van der Waals surface area contributed by atoms with Crippen LogP contribution in [0, 0.1) is 6.92 Å². The Morgan fingerprint density at radius 1 is 1.22 bits per heavy atom. The number of aliphatic imine (C=N–C) groups is 1. The number of methoxy groups -OCH3 is 1. The van der Waals surface area contributed by atoms with Gasteiger partial charge < -0.3 is 24.8 Å². The molecule has 2 heterocycles. The highest BCUT2D eigenvalue weighted by atomic mass is 16.5. The van der Waals surface area contributed by atoms with Gasteiger partial charge in [0.05, 0.1) is 13.2 Å². The van der Waals surface area contributed by atoms with Crippen LogP contribution < -0.4 is 10.6 Å². The summed E-state index contributed by atoms with van der Waals surface area (Å²) in [6.07, 6.45) is 0. The SMILES string of the molecule is CCNC(=NCc1nnc(C)n1C)N1CCN(CC(=O)NCCOC)CC1. The Kier molecular flexibility index (Phi) is 8.46. The molecule has 2 rings (SSSR count). The Bertz CT molecular complexity index is 622. The van der Waals surface area contributed by atoms with Crippen molar-refractivity contribution in [3.63, 3.8) is 0 Å². The summed E-state index contributed by atoms with van der Waals surface area (Å²) in [4.78, 5) is 21.0. The molecule has 0 bridgehead atoms. The maximum Gasteiger partial charge on any atom is 0.234 e. The normalized spacial score (nSPS) is 15.9. The molecule has 1 aromatic rings. The molecule has 0 saturated carbocycles. The second-order valence-electron chi connectivity index (χ2n) is 6.50. The van der Waals surface area contributed by atoms with Crippen molar-refractivity contribution in [2.45, 2.75) is 20.4 Å². The third-order valence-corrected chi connectivity index (χ3v) is 4.56. The molecule has 0 spiro atoms. The molecule has 0 aliphatic carbocycles. The van der Waals surface area contributed by atoms with Gasteiger partial charge in [0.15, 0.2) is 11.8 Å². The molecule has 27 heavy (non-hydrogen) atoms. The maximum absolute atomic E-state index is 11.9. The van der Waals surface area contributed by atoms with E-state index < -0.39 is 0 Å². The van der Waals surface area contributed by atoms with Gasteiger partial charge >= 0.3 is 0 Å². The van der Waals surface area contributed by atoms with E-state index in [9.17, 15) is 4.79 Å². The van der Waals surface area contributed by atoms with Gasteiger partial charge in [-0.05, 0) is 13.8 Å². The number of nitrogens with one attached hydrogen (secondary N) is 2. The number of nitrogens with zero attached hydrogens (tertiary/aromatic N) is 6. The minimum Gasteiger partial charge on any atom is -0.383 e. The van der Waals surface area contributed by atoms with Crippen LogP contribution in [0.15, 0.2) is 4.99 Å². The van der Waals surface area contributed by atoms with Gasteiger partial charge in [-0.2, -0.15) is 0 Å². The van der Waals surface area contributed by atoms with Crippen LogP contribution >= 0.6 is 0 Å². The minimum absolute atomic E-state index is 0.0405. The number of amides is 1. The number of rotatable bonds is 8. The zero-order valence-corrected chi connectivity index (χ0v) is 16.9.